The number of ether oxygens (including phenoxy) is 4. The molecular weight excluding hydrogens is 1260 g/mol. The first-order valence-corrected chi connectivity index (χ1v) is 41.8. The van der Waals surface area contributed by atoms with Crippen LogP contribution in [-0.4, -0.2) is 96.7 Å². The van der Waals surface area contributed by atoms with E-state index in [0.717, 1.165) is 134 Å². The molecule has 0 spiro atoms. The summed E-state index contributed by atoms with van der Waals surface area (Å²) in [5.74, 6) is -1.37. The molecule has 562 valence electrons. The molecule has 17 nitrogen and oxygen atoms in total. The van der Waals surface area contributed by atoms with Crippen molar-refractivity contribution in [3.8, 4) is 0 Å². The number of aliphatic hydroxyl groups is 1. The summed E-state index contributed by atoms with van der Waals surface area (Å²) in [5, 5.41) is 10.6. The average Bonchev–Trinajstić information content (AvgIpc) is 1.12. The van der Waals surface area contributed by atoms with E-state index in [0.29, 0.717) is 25.7 Å². The molecule has 0 aliphatic carbocycles. The number of hydrogen-bond donors (Lipinski definition) is 3. The number of carbonyl (C=O) groups is 4. The fourth-order valence-corrected chi connectivity index (χ4v) is 12.4. The highest BCUT2D eigenvalue weighted by Crippen LogP contribution is 2.45. The quantitative estimate of drug-likeness (QED) is 0.0169. The van der Waals surface area contributed by atoms with Crippen LogP contribution in [0.5, 0.6) is 0 Å². The third kappa shape index (κ3) is 69.5. The summed E-state index contributed by atoms with van der Waals surface area (Å²) in [4.78, 5) is 72.5. The first-order valence-electron chi connectivity index (χ1n) is 38.8. The van der Waals surface area contributed by atoms with E-state index in [4.69, 9.17) is 37.0 Å². The molecule has 0 saturated carbocycles. The van der Waals surface area contributed by atoms with Crippen molar-refractivity contribution in [2.24, 2.45) is 5.92 Å². The Hall–Kier alpha value is -2.98. The predicted molar refractivity (Wildman–Crippen MR) is 390 cm³/mol. The van der Waals surface area contributed by atoms with Crippen LogP contribution in [0.3, 0.4) is 0 Å². The number of allylic oxidation sites excluding steroid dienone is 8. The zero-order valence-electron chi connectivity index (χ0n) is 61.5. The number of rotatable bonds is 73. The standard InChI is InChI=1S/C77H142O17P2/c1-6-9-12-15-17-19-21-23-29-34-38-42-46-51-56-61-75(80)88-67-73(94-77(82)63-58-53-48-44-40-36-32-28-26-25-27-31-33-37-41-45-50-54-59-70(4)5)69-92-96(85,86)90-65-71(78)64-89-95(83,84)91-68-72(66-87-74(79)60-55-49-14-11-8-3)93-76(81)62-57-52-47-43-39-35-30-24-22-20-18-16-13-10-7-2/h19-24,29-30,70-73,78H,6-18,25-28,31-69H2,1-5H3,(H,83,84)(H,85,86)/b21-19-,22-20-,29-23-,30-24-/t71-,72+,73+/m0/s1. The zero-order chi connectivity index (χ0) is 70.5. The number of esters is 4. The van der Waals surface area contributed by atoms with Crippen LogP contribution in [0.4, 0.5) is 0 Å². The fraction of sp³-hybridized carbons (Fsp3) is 0.844. The molecule has 0 fully saturated rings. The van der Waals surface area contributed by atoms with E-state index in [1.54, 1.807) is 0 Å². The molecule has 0 saturated heterocycles. The minimum absolute atomic E-state index is 0.0819. The molecule has 0 aromatic carbocycles. The van der Waals surface area contributed by atoms with E-state index >= 15 is 0 Å². The monoisotopic (exact) mass is 1400 g/mol. The van der Waals surface area contributed by atoms with Crippen LogP contribution in [-0.2, 0) is 65.4 Å². The van der Waals surface area contributed by atoms with E-state index in [2.05, 4.69) is 83.2 Å². The van der Waals surface area contributed by atoms with Gasteiger partial charge in [-0.3, -0.25) is 37.3 Å². The molecule has 0 bridgehead atoms. The summed E-state index contributed by atoms with van der Waals surface area (Å²) in [6.45, 7) is 7.10. The fourth-order valence-electron chi connectivity index (χ4n) is 10.8. The Kier molecular flexibility index (Phi) is 67.0. The SMILES string of the molecule is CCCCCC/C=C\C=C/CCCCCCCC(=O)OC[C@H](COP(=O)(O)OC[C@@H](O)COP(=O)(O)OC[C@@H](COC(=O)CCCCCCC)OC(=O)CCCCCCC/C=C\C=C/CCCCCC)OC(=O)CCCCCCCCCCCCCCCCCCCCC(C)C. The number of aliphatic hydroxyl groups excluding tert-OH is 1. The minimum atomic E-state index is -4.97. The maximum Gasteiger partial charge on any atom is 0.472 e. The third-order valence-corrected chi connectivity index (χ3v) is 18.7. The Balaban J connectivity index is 5.18. The molecule has 0 aliphatic rings. The zero-order valence-corrected chi connectivity index (χ0v) is 63.3. The van der Waals surface area contributed by atoms with Crippen molar-refractivity contribution in [3.05, 3.63) is 48.6 Å². The summed E-state index contributed by atoms with van der Waals surface area (Å²) in [7, 11) is -9.93. The topological polar surface area (TPSA) is 237 Å². The van der Waals surface area contributed by atoms with Gasteiger partial charge in [-0.2, -0.15) is 0 Å². The van der Waals surface area contributed by atoms with Crippen LogP contribution in [0.2, 0.25) is 0 Å². The summed E-state index contributed by atoms with van der Waals surface area (Å²) in [5.41, 5.74) is 0. The van der Waals surface area contributed by atoms with Gasteiger partial charge in [-0.25, -0.2) is 9.13 Å². The largest absolute Gasteiger partial charge is 0.472 e. The first-order chi connectivity index (χ1) is 46.5. The van der Waals surface area contributed by atoms with Gasteiger partial charge in [0.2, 0.25) is 0 Å². The van der Waals surface area contributed by atoms with Gasteiger partial charge in [-0.05, 0) is 83.0 Å². The van der Waals surface area contributed by atoms with Gasteiger partial charge in [-0.1, -0.05) is 302 Å². The number of carbonyl (C=O) groups excluding carboxylic acids is 4. The van der Waals surface area contributed by atoms with E-state index < -0.39 is 97.5 Å². The Labute approximate surface area is 585 Å². The van der Waals surface area contributed by atoms with E-state index in [9.17, 15) is 43.2 Å². The van der Waals surface area contributed by atoms with Crippen LogP contribution in [0.1, 0.15) is 356 Å². The van der Waals surface area contributed by atoms with Crippen LogP contribution in [0.15, 0.2) is 48.6 Å². The van der Waals surface area contributed by atoms with Crippen LogP contribution in [0.25, 0.3) is 0 Å². The van der Waals surface area contributed by atoms with Crippen molar-refractivity contribution in [2.75, 3.05) is 39.6 Å². The Morgan fingerprint density at radius 3 is 0.854 bits per heavy atom. The van der Waals surface area contributed by atoms with Crippen molar-refractivity contribution >= 4 is 39.5 Å². The maximum absolute atomic E-state index is 13.1. The van der Waals surface area contributed by atoms with E-state index in [1.165, 1.54) is 141 Å². The predicted octanol–water partition coefficient (Wildman–Crippen LogP) is 22.0. The molecule has 0 aliphatic heterocycles. The second-order valence-electron chi connectivity index (χ2n) is 26.8. The lowest BCUT2D eigenvalue weighted by Crippen LogP contribution is -2.30. The smallest absolute Gasteiger partial charge is 0.462 e. The molecule has 19 heteroatoms. The van der Waals surface area contributed by atoms with Crippen molar-refractivity contribution in [1.82, 2.24) is 0 Å². The second-order valence-corrected chi connectivity index (χ2v) is 29.8. The lowest BCUT2D eigenvalue weighted by Gasteiger charge is -2.21. The van der Waals surface area contributed by atoms with Gasteiger partial charge in [0.05, 0.1) is 26.4 Å². The van der Waals surface area contributed by atoms with Crippen molar-refractivity contribution < 1.29 is 80.2 Å². The molecule has 0 rings (SSSR count). The van der Waals surface area contributed by atoms with Crippen molar-refractivity contribution in [1.29, 1.82) is 0 Å². The number of phosphoric ester groups is 2. The highest BCUT2D eigenvalue weighted by molar-refractivity contribution is 7.47. The Bertz CT molecular complexity index is 2030. The molecule has 3 N–H and O–H groups in total. The van der Waals surface area contributed by atoms with E-state index in [-0.39, 0.29) is 25.7 Å². The molecular formula is C77H142O17P2. The highest BCUT2D eigenvalue weighted by Gasteiger charge is 2.30. The number of phosphoric acid groups is 2. The van der Waals surface area contributed by atoms with Gasteiger partial charge >= 0.3 is 39.5 Å². The van der Waals surface area contributed by atoms with Crippen LogP contribution in [0, 0.1) is 5.92 Å². The maximum atomic E-state index is 13.1. The molecule has 2 unspecified atom stereocenters. The number of unbranched alkanes of at least 4 members (excludes halogenated alkanes) is 39. The van der Waals surface area contributed by atoms with E-state index in [1.807, 2.05) is 0 Å². The molecule has 0 heterocycles. The molecule has 96 heavy (non-hydrogen) atoms. The summed E-state index contributed by atoms with van der Waals surface area (Å²) in [6.07, 6.45) is 64.5. The molecule has 0 radical (unpaired) electrons. The van der Waals surface area contributed by atoms with Gasteiger partial charge in [0.1, 0.15) is 19.3 Å². The van der Waals surface area contributed by atoms with Crippen molar-refractivity contribution in [3.63, 3.8) is 0 Å². The molecule has 0 aromatic rings. The molecule has 0 amide bonds. The third-order valence-electron chi connectivity index (χ3n) is 16.8. The first kappa shape index (κ1) is 93.0. The summed E-state index contributed by atoms with van der Waals surface area (Å²) < 4.78 is 68.2. The van der Waals surface area contributed by atoms with Gasteiger partial charge < -0.3 is 33.8 Å². The van der Waals surface area contributed by atoms with Gasteiger partial charge in [-0.15, -0.1) is 0 Å². The Morgan fingerprint density at radius 2 is 0.562 bits per heavy atom. The Morgan fingerprint density at radius 1 is 0.323 bits per heavy atom. The lowest BCUT2D eigenvalue weighted by atomic mass is 10.0. The average molecular weight is 1400 g/mol. The highest BCUT2D eigenvalue weighted by atomic mass is 31.2. The van der Waals surface area contributed by atoms with Gasteiger partial charge in [0.15, 0.2) is 12.2 Å². The molecule has 5 atom stereocenters. The van der Waals surface area contributed by atoms with Crippen LogP contribution < -0.4 is 0 Å². The minimum Gasteiger partial charge on any atom is -0.462 e. The molecule has 0 aromatic heterocycles. The summed E-state index contributed by atoms with van der Waals surface area (Å²) in [6, 6.07) is 0. The van der Waals surface area contributed by atoms with Crippen molar-refractivity contribution in [2.45, 2.75) is 374 Å². The summed E-state index contributed by atoms with van der Waals surface area (Å²) >= 11 is 0. The number of hydrogen-bond acceptors (Lipinski definition) is 15. The van der Waals surface area contributed by atoms with Crippen LogP contribution >= 0.6 is 15.6 Å². The normalized spacial score (nSPS) is 14.3. The van der Waals surface area contributed by atoms with Gasteiger partial charge in [0.25, 0.3) is 0 Å². The van der Waals surface area contributed by atoms with Gasteiger partial charge in [0, 0.05) is 25.7 Å². The second kappa shape index (κ2) is 69.1. The lowest BCUT2D eigenvalue weighted by molar-refractivity contribution is -0.161.